The number of rotatable bonds is 8. The van der Waals surface area contributed by atoms with Gasteiger partial charge in [-0.15, -0.1) is 24.0 Å². The Labute approximate surface area is 208 Å². The van der Waals surface area contributed by atoms with Gasteiger partial charge in [0.05, 0.1) is 25.5 Å². The lowest BCUT2D eigenvalue weighted by Crippen LogP contribution is -2.42. The van der Waals surface area contributed by atoms with E-state index in [-0.39, 0.29) is 30.0 Å². The van der Waals surface area contributed by atoms with Crippen LogP contribution in [0.5, 0.6) is 0 Å². The fraction of sp³-hybridized carbons (Fsp3) is 0.542. The van der Waals surface area contributed by atoms with Crippen molar-refractivity contribution in [2.24, 2.45) is 4.99 Å². The Morgan fingerprint density at radius 3 is 2.44 bits per heavy atom. The second-order valence-electron chi connectivity index (χ2n) is 8.24. The number of hydrogen-bond acceptors (Lipinski definition) is 5. The Hall–Kier alpha value is -1.62. The van der Waals surface area contributed by atoms with Crippen molar-refractivity contribution in [2.45, 2.75) is 32.0 Å². The monoisotopic (exact) mass is 553 g/mol. The van der Waals surface area contributed by atoms with Crippen LogP contribution in [-0.4, -0.2) is 68.7 Å². The molecule has 1 aromatic heterocycles. The molecule has 2 saturated heterocycles. The molecule has 1 aromatic carbocycles. The van der Waals surface area contributed by atoms with Crippen molar-refractivity contribution in [2.75, 3.05) is 53.0 Å². The molecule has 2 aliphatic rings. The molecule has 0 spiro atoms. The summed E-state index contributed by atoms with van der Waals surface area (Å²) in [6.07, 6.45) is 4.27. The van der Waals surface area contributed by atoms with Crippen molar-refractivity contribution in [3.63, 3.8) is 0 Å². The quantitative estimate of drug-likeness (QED) is 0.298. The van der Waals surface area contributed by atoms with Crippen LogP contribution in [0, 0.1) is 0 Å². The van der Waals surface area contributed by atoms with E-state index < -0.39 is 0 Å². The van der Waals surface area contributed by atoms with E-state index in [1.54, 1.807) is 6.26 Å². The second-order valence-corrected chi connectivity index (χ2v) is 8.24. The minimum absolute atomic E-state index is 0. The van der Waals surface area contributed by atoms with Crippen LogP contribution in [0.25, 0.3) is 0 Å². The van der Waals surface area contributed by atoms with Crippen LogP contribution in [0.3, 0.4) is 0 Å². The van der Waals surface area contributed by atoms with Crippen molar-refractivity contribution in [3.05, 3.63) is 59.5 Å². The zero-order valence-corrected chi connectivity index (χ0v) is 21.3. The van der Waals surface area contributed by atoms with E-state index in [0.717, 1.165) is 70.7 Å². The molecule has 176 valence electrons. The topological polar surface area (TPSA) is 65.3 Å². The number of nitrogens with zero attached hydrogens (tertiary/aromatic N) is 3. The fourth-order valence-electron chi connectivity index (χ4n) is 4.42. The van der Waals surface area contributed by atoms with Gasteiger partial charge in [0.2, 0.25) is 0 Å². The number of aliphatic imine (C=N–C) groups is 1. The normalized spacial score (nSPS) is 18.8. The molecule has 3 heterocycles. The molecule has 0 bridgehead atoms. The predicted molar refractivity (Wildman–Crippen MR) is 138 cm³/mol. The number of nitrogens with one attached hydrogen (secondary N) is 2. The van der Waals surface area contributed by atoms with Crippen molar-refractivity contribution in [1.29, 1.82) is 0 Å². The van der Waals surface area contributed by atoms with E-state index in [9.17, 15) is 0 Å². The summed E-state index contributed by atoms with van der Waals surface area (Å²) in [5.41, 5.74) is 2.66. The predicted octanol–water partition coefficient (Wildman–Crippen LogP) is 3.23. The number of guanidine groups is 1. The molecule has 2 fully saturated rings. The minimum Gasteiger partial charge on any atom is -0.468 e. The molecule has 2 N–H and O–H groups in total. The molecule has 1 atom stereocenters. The highest BCUT2D eigenvalue weighted by atomic mass is 127. The molecular weight excluding hydrogens is 517 g/mol. The largest absolute Gasteiger partial charge is 0.468 e. The van der Waals surface area contributed by atoms with Gasteiger partial charge in [0.1, 0.15) is 5.76 Å². The van der Waals surface area contributed by atoms with Gasteiger partial charge in [0.15, 0.2) is 5.96 Å². The third kappa shape index (κ3) is 6.94. The molecule has 0 aliphatic carbocycles. The Morgan fingerprint density at radius 2 is 1.75 bits per heavy atom. The molecule has 0 saturated carbocycles. The molecule has 32 heavy (non-hydrogen) atoms. The van der Waals surface area contributed by atoms with Gasteiger partial charge in [0, 0.05) is 39.8 Å². The first-order valence-electron chi connectivity index (χ1n) is 11.4. The lowest BCUT2D eigenvalue weighted by atomic mass is 10.1. The van der Waals surface area contributed by atoms with Gasteiger partial charge in [-0.25, -0.2) is 0 Å². The first-order chi connectivity index (χ1) is 15.3. The van der Waals surface area contributed by atoms with Gasteiger partial charge < -0.3 is 19.8 Å². The average Bonchev–Trinajstić information content (AvgIpc) is 3.53. The van der Waals surface area contributed by atoms with Crippen LogP contribution in [0.4, 0.5) is 0 Å². The summed E-state index contributed by atoms with van der Waals surface area (Å²) in [7, 11) is 1.83. The molecule has 1 unspecified atom stereocenters. The van der Waals surface area contributed by atoms with E-state index in [1.165, 1.54) is 24.0 Å². The molecule has 4 rings (SSSR count). The maximum absolute atomic E-state index is 5.74. The number of likely N-dealkylation sites (tertiary alicyclic amines) is 1. The average molecular weight is 553 g/mol. The zero-order chi connectivity index (χ0) is 21.3. The van der Waals surface area contributed by atoms with Crippen LogP contribution in [0.2, 0.25) is 0 Å². The SMILES string of the molecule is CN=C(NCc1ccccc1CN1CCOCC1)NCC(c1ccco1)N1CCCC1.I. The summed E-state index contributed by atoms with van der Waals surface area (Å²) in [5.74, 6) is 1.83. The van der Waals surface area contributed by atoms with E-state index >= 15 is 0 Å². The first-order valence-corrected chi connectivity index (χ1v) is 11.4. The molecule has 8 heteroatoms. The van der Waals surface area contributed by atoms with Gasteiger partial charge in [0.25, 0.3) is 0 Å². The standard InChI is InChI=1S/C24H35N5O2.HI/c1-25-24(27-18-22(23-9-6-14-31-23)29-10-4-5-11-29)26-17-20-7-2-3-8-21(20)19-28-12-15-30-16-13-28;/h2-3,6-9,14,22H,4-5,10-13,15-19H2,1H3,(H2,25,26,27);1H. The number of morpholine rings is 1. The van der Waals surface area contributed by atoms with Crippen molar-refractivity contribution >= 4 is 29.9 Å². The van der Waals surface area contributed by atoms with Crippen LogP contribution >= 0.6 is 24.0 Å². The van der Waals surface area contributed by atoms with Crippen LogP contribution < -0.4 is 10.6 Å². The summed E-state index contributed by atoms with van der Waals surface area (Å²) in [6, 6.07) is 12.9. The molecular formula is C24H36IN5O2. The van der Waals surface area contributed by atoms with E-state index in [4.69, 9.17) is 9.15 Å². The highest BCUT2D eigenvalue weighted by molar-refractivity contribution is 14.0. The number of hydrogen-bond donors (Lipinski definition) is 2. The number of halogens is 1. The van der Waals surface area contributed by atoms with Gasteiger partial charge in [-0.3, -0.25) is 14.8 Å². The summed E-state index contributed by atoms with van der Waals surface area (Å²) in [5, 5.41) is 7.02. The lowest BCUT2D eigenvalue weighted by Gasteiger charge is -2.28. The third-order valence-corrected chi connectivity index (χ3v) is 6.20. The highest BCUT2D eigenvalue weighted by Gasteiger charge is 2.25. The summed E-state index contributed by atoms with van der Waals surface area (Å²) in [4.78, 5) is 9.40. The summed E-state index contributed by atoms with van der Waals surface area (Å²) in [6.45, 7) is 8.35. The van der Waals surface area contributed by atoms with E-state index in [0.29, 0.717) is 0 Å². The van der Waals surface area contributed by atoms with Gasteiger partial charge in [-0.05, 0) is 49.2 Å². The van der Waals surface area contributed by atoms with Crippen molar-refractivity contribution in [3.8, 4) is 0 Å². The smallest absolute Gasteiger partial charge is 0.191 e. The lowest BCUT2D eigenvalue weighted by molar-refractivity contribution is 0.0341. The first kappa shape index (κ1) is 25.0. The summed E-state index contributed by atoms with van der Waals surface area (Å²) < 4.78 is 11.2. The van der Waals surface area contributed by atoms with Gasteiger partial charge in [-0.2, -0.15) is 0 Å². The number of furan rings is 1. The molecule has 7 nitrogen and oxygen atoms in total. The van der Waals surface area contributed by atoms with Gasteiger partial charge >= 0.3 is 0 Å². The van der Waals surface area contributed by atoms with Crippen molar-refractivity contribution < 1.29 is 9.15 Å². The fourth-order valence-corrected chi connectivity index (χ4v) is 4.42. The molecule has 0 radical (unpaired) electrons. The van der Waals surface area contributed by atoms with E-state index in [2.05, 4.69) is 55.8 Å². The Balaban J connectivity index is 0.00000289. The second kappa shape index (κ2) is 13.2. The zero-order valence-electron chi connectivity index (χ0n) is 19.0. The molecule has 2 aliphatic heterocycles. The van der Waals surface area contributed by atoms with Gasteiger partial charge in [-0.1, -0.05) is 24.3 Å². The highest BCUT2D eigenvalue weighted by Crippen LogP contribution is 2.24. The maximum Gasteiger partial charge on any atom is 0.191 e. The Kier molecular flexibility index (Phi) is 10.3. The van der Waals surface area contributed by atoms with Crippen LogP contribution in [-0.2, 0) is 17.8 Å². The minimum atomic E-state index is 0. The maximum atomic E-state index is 5.74. The van der Waals surface area contributed by atoms with Crippen LogP contribution in [0.15, 0.2) is 52.1 Å². The number of benzene rings is 1. The summed E-state index contributed by atoms with van der Waals surface area (Å²) >= 11 is 0. The Morgan fingerprint density at radius 1 is 1.00 bits per heavy atom. The third-order valence-electron chi connectivity index (χ3n) is 6.20. The molecule has 0 amide bonds. The molecule has 2 aromatic rings. The Bertz CT molecular complexity index is 818. The van der Waals surface area contributed by atoms with Crippen molar-refractivity contribution in [1.82, 2.24) is 20.4 Å². The number of ether oxygens (including phenoxy) is 1. The van der Waals surface area contributed by atoms with Crippen LogP contribution in [0.1, 0.15) is 35.8 Å². The van der Waals surface area contributed by atoms with E-state index in [1.807, 2.05) is 13.1 Å².